The zero-order valence-corrected chi connectivity index (χ0v) is 13.1. The van der Waals surface area contributed by atoms with Crippen LogP contribution in [0.5, 0.6) is 0 Å². The van der Waals surface area contributed by atoms with E-state index < -0.39 is 5.41 Å². The van der Waals surface area contributed by atoms with Crippen LogP contribution in [0.25, 0.3) is 0 Å². The number of fused-ring (bicyclic) bond motifs is 1. The standard InChI is InChI=1S/C15H22N2O2.ClH/c1-15(2,14(18)19-3)10-16-9-12-6-4-5-11-7-8-17-13(11)12;/h4-6,16-17H,7-10H2,1-3H3;1H. The maximum Gasteiger partial charge on any atom is 0.312 e. The Hall–Kier alpha value is -1.26. The van der Waals surface area contributed by atoms with Crippen LogP contribution in [0.4, 0.5) is 5.69 Å². The molecule has 0 amide bonds. The lowest BCUT2D eigenvalue weighted by molar-refractivity contribution is -0.150. The summed E-state index contributed by atoms with van der Waals surface area (Å²) in [5, 5.41) is 6.76. The summed E-state index contributed by atoms with van der Waals surface area (Å²) < 4.78 is 4.80. The molecule has 1 aromatic carbocycles. The molecule has 20 heavy (non-hydrogen) atoms. The van der Waals surface area contributed by atoms with E-state index in [1.165, 1.54) is 23.9 Å². The minimum Gasteiger partial charge on any atom is -0.469 e. The molecule has 2 rings (SSSR count). The van der Waals surface area contributed by atoms with E-state index in [-0.39, 0.29) is 18.4 Å². The van der Waals surface area contributed by atoms with Crippen molar-refractivity contribution in [3.8, 4) is 0 Å². The van der Waals surface area contributed by atoms with Gasteiger partial charge in [-0.1, -0.05) is 18.2 Å². The van der Waals surface area contributed by atoms with E-state index in [1.807, 2.05) is 13.8 Å². The lowest BCUT2D eigenvalue weighted by Gasteiger charge is -2.22. The number of esters is 1. The van der Waals surface area contributed by atoms with Crippen LogP contribution >= 0.6 is 12.4 Å². The van der Waals surface area contributed by atoms with Crippen molar-refractivity contribution in [1.82, 2.24) is 5.32 Å². The predicted octanol–water partition coefficient (Wildman–Crippen LogP) is 2.37. The second-order valence-electron chi connectivity index (χ2n) is 5.61. The van der Waals surface area contributed by atoms with Gasteiger partial charge in [0.15, 0.2) is 0 Å². The third-order valence-corrected chi connectivity index (χ3v) is 3.55. The Kier molecular flexibility index (Phi) is 5.84. The van der Waals surface area contributed by atoms with Gasteiger partial charge in [0.1, 0.15) is 0 Å². The van der Waals surface area contributed by atoms with Gasteiger partial charge in [-0.3, -0.25) is 4.79 Å². The van der Waals surface area contributed by atoms with Gasteiger partial charge in [0.2, 0.25) is 0 Å². The van der Waals surface area contributed by atoms with Gasteiger partial charge in [-0.05, 0) is 31.4 Å². The smallest absolute Gasteiger partial charge is 0.312 e. The highest BCUT2D eigenvalue weighted by Gasteiger charge is 2.28. The summed E-state index contributed by atoms with van der Waals surface area (Å²) in [6, 6.07) is 6.38. The Morgan fingerprint density at radius 3 is 2.90 bits per heavy atom. The SMILES string of the molecule is COC(=O)C(C)(C)CNCc1cccc2c1NCC2.Cl. The Morgan fingerprint density at radius 2 is 2.20 bits per heavy atom. The first-order chi connectivity index (χ1) is 9.04. The molecule has 0 atom stereocenters. The molecule has 1 aliphatic rings. The number of methoxy groups -OCH3 is 1. The summed E-state index contributed by atoms with van der Waals surface area (Å²) in [6.07, 6.45) is 1.09. The molecule has 0 saturated carbocycles. The number of halogens is 1. The average Bonchev–Trinajstić information content (AvgIpc) is 2.86. The number of hydrogen-bond donors (Lipinski definition) is 2. The summed E-state index contributed by atoms with van der Waals surface area (Å²) in [5.74, 6) is -0.184. The van der Waals surface area contributed by atoms with Gasteiger partial charge >= 0.3 is 5.97 Å². The molecular formula is C15H23ClN2O2. The van der Waals surface area contributed by atoms with Crippen LogP contribution in [-0.4, -0.2) is 26.2 Å². The van der Waals surface area contributed by atoms with E-state index in [0.717, 1.165) is 19.5 Å². The summed E-state index contributed by atoms with van der Waals surface area (Å²) in [7, 11) is 1.43. The molecule has 1 aromatic rings. The Balaban J connectivity index is 0.00000200. The van der Waals surface area contributed by atoms with Crippen LogP contribution in [-0.2, 0) is 22.5 Å². The van der Waals surface area contributed by atoms with Gasteiger partial charge in [0, 0.05) is 25.3 Å². The highest BCUT2D eigenvalue weighted by molar-refractivity contribution is 5.85. The molecule has 5 heteroatoms. The van der Waals surface area contributed by atoms with Crippen molar-refractivity contribution in [3.63, 3.8) is 0 Å². The molecule has 0 radical (unpaired) electrons. The van der Waals surface area contributed by atoms with Gasteiger partial charge in [0.25, 0.3) is 0 Å². The van der Waals surface area contributed by atoms with E-state index >= 15 is 0 Å². The van der Waals surface area contributed by atoms with Crippen LogP contribution in [0, 0.1) is 5.41 Å². The maximum absolute atomic E-state index is 11.6. The third kappa shape index (κ3) is 3.64. The molecule has 2 N–H and O–H groups in total. The van der Waals surface area contributed by atoms with Crippen molar-refractivity contribution in [2.75, 3.05) is 25.5 Å². The van der Waals surface area contributed by atoms with Crippen LogP contribution in [0.15, 0.2) is 18.2 Å². The topological polar surface area (TPSA) is 50.4 Å². The third-order valence-electron chi connectivity index (χ3n) is 3.55. The van der Waals surface area contributed by atoms with Crippen LogP contribution < -0.4 is 10.6 Å². The lowest BCUT2D eigenvalue weighted by atomic mass is 9.93. The lowest BCUT2D eigenvalue weighted by Crippen LogP contribution is -2.36. The van der Waals surface area contributed by atoms with E-state index in [9.17, 15) is 4.79 Å². The van der Waals surface area contributed by atoms with Crippen LogP contribution in [0.3, 0.4) is 0 Å². The van der Waals surface area contributed by atoms with Crippen molar-refractivity contribution >= 4 is 24.1 Å². The minimum atomic E-state index is -0.500. The number of carbonyl (C=O) groups is 1. The summed E-state index contributed by atoms with van der Waals surface area (Å²) >= 11 is 0. The average molecular weight is 299 g/mol. The number of benzene rings is 1. The number of anilines is 1. The summed E-state index contributed by atoms with van der Waals surface area (Å²) in [4.78, 5) is 11.6. The Bertz CT molecular complexity index is 475. The molecule has 0 spiro atoms. The first-order valence-corrected chi connectivity index (χ1v) is 6.68. The zero-order valence-electron chi connectivity index (χ0n) is 12.3. The molecule has 0 unspecified atom stereocenters. The fourth-order valence-corrected chi connectivity index (χ4v) is 2.42. The van der Waals surface area contributed by atoms with Crippen LogP contribution in [0.1, 0.15) is 25.0 Å². The zero-order chi connectivity index (χ0) is 13.9. The van der Waals surface area contributed by atoms with E-state index in [2.05, 4.69) is 28.8 Å². The minimum absolute atomic E-state index is 0. The number of carbonyl (C=O) groups excluding carboxylic acids is 1. The Morgan fingerprint density at radius 1 is 1.45 bits per heavy atom. The van der Waals surface area contributed by atoms with Gasteiger partial charge in [-0.25, -0.2) is 0 Å². The predicted molar refractivity (Wildman–Crippen MR) is 83.4 cm³/mol. The molecule has 112 valence electrons. The number of hydrogen-bond acceptors (Lipinski definition) is 4. The summed E-state index contributed by atoms with van der Waals surface area (Å²) in [6.45, 7) is 6.15. The molecule has 0 saturated heterocycles. The highest BCUT2D eigenvalue weighted by atomic mass is 35.5. The van der Waals surface area contributed by atoms with Gasteiger partial charge < -0.3 is 15.4 Å². The number of para-hydroxylation sites is 1. The molecular weight excluding hydrogens is 276 g/mol. The molecule has 0 aromatic heterocycles. The van der Waals surface area contributed by atoms with Crippen molar-refractivity contribution in [1.29, 1.82) is 0 Å². The number of ether oxygens (including phenoxy) is 1. The highest BCUT2D eigenvalue weighted by Crippen LogP contribution is 2.26. The molecule has 1 heterocycles. The van der Waals surface area contributed by atoms with Crippen molar-refractivity contribution < 1.29 is 9.53 Å². The van der Waals surface area contributed by atoms with E-state index in [1.54, 1.807) is 0 Å². The molecule has 0 fully saturated rings. The maximum atomic E-state index is 11.6. The number of rotatable bonds is 5. The fraction of sp³-hybridized carbons (Fsp3) is 0.533. The summed E-state index contributed by atoms with van der Waals surface area (Å²) in [5.41, 5.74) is 3.40. The molecule has 4 nitrogen and oxygen atoms in total. The van der Waals surface area contributed by atoms with Crippen LogP contribution in [0.2, 0.25) is 0 Å². The second kappa shape index (κ2) is 6.95. The van der Waals surface area contributed by atoms with Gasteiger partial charge in [0.05, 0.1) is 12.5 Å². The van der Waals surface area contributed by atoms with E-state index in [0.29, 0.717) is 6.54 Å². The van der Waals surface area contributed by atoms with Crippen molar-refractivity contribution in [2.45, 2.75) is 26.8 Å². The molecule has 1 aliphatic heterocycles. The monoisotopic (exact) mass is 298 g/mol. The molecule has 0 bridgehead atoms. The first-order valence-electron chi connectivity index (χ1n) is 6.68. The fourth-order valence-electron chi connectivity index (χ4n) is 2.42. The first kappa shape index (κ1) is 16.8. The van der Waals surface area contributed by atoms with E-state index in [4.69, 9.17) is 4.74 Å². The largest absolute Gasteiger partial charge is 0.469 e. The van der Waals surface area contributed by atoms with Gasteiger partial charge in [-0.2, -0.15) is 0 Å². The van der Waals surface area contributed by atoms with Crippen molar-refractivity contribution in [3.05, 3.63) is 29.3 Å². The van der Waals surface area contributed by atoms with Gasteiger partial charge in [-0.15, -0.1) is 12.4 Å². The normalized spacial score (nSPS) is 13.2. The quantitative estimate of drug-likeness (QED) is 0.820. The second-order valence-corrected chi connectivity index (χ2v) is 5.61. The number of nitrogens with one attached hydrogen (secondary N) is 2. The van der Waals surface area contributed by atoms with Crippen molar-refractivity contribution in [2.24, 2.45) is 5.41 Å². The molecule has 0 aliphatic carbocycles. The Labute approximate surface area is 126 Å².